The lowest BCUT2D eigenvalue weighted by Gasteiger charge is -2.53. The minimum Gasteiger partial charge on any atom is -0.381 e. The molecule has 2 saturated heterocycles. The number of anilines is 1. The number of benzene rings is 1. The molecule has 18 heavy (non-hydrogen) atoms. The Morgan fingerprint density at radius 3 is 2.39 bits per heavy atom. The van der Waals surface area contributed by atoms with Gasteiger partial charge >= 0.3 is 0 Å². The van der Waals surface area contributed by atoms with Crippen molar-refractivity contribution in [2.24, 2.45) is 11.1 Å². The van der Waals surface area contributed by atoms with Crippen molar-refractivity contribution in [1.29, 1.82) is 0 Å². The van der Waals surface area contributed by atoms with Crippen molar-refractivity contribution >= 4 is 5.69 Å². The molecule has 1 aromatic rings. The van der Waals surface area contributed by atoms with E-state index < -0.39 is 0 Å². The Balaban J connectivity index is 1.60. The molecule has 98 valence electrons. The van der Waals surface area contributed by atoms with Crippen molar-refractivity contribution in [3.05, 3.63) is 29.8 Å². The maximum atomic E-state index is 5.57. The summed E-state index contributed by atoms with van der Waals surface area (Å²) in [6, 6.07) is 8.88. The molecule has 1 spiro atoms. The Bertz CT molecular complexity index is 387. The largest absolute Gasteiger partial charge is 0.381 e. The quantitative estimate of drug-likeness (QED) is 0.884. The number of ether oxygens (including phenoxy) is 1. The summed E-state index contributed by atoms with van der Waals surface area (Å²) in [5.41, 5.74) is 8.81. The van der Waals surface area contributed by atoms with E-state index in [4.69, 9.17) is 10.5 Å². The van der Waals surface area contributed by atoms with Gasteiger partial charge in [-0.05, 0) is 43.5 Å². The smallest absolute Gasteiger partial charge is 0.0472 e. The second-order valence-corrected chi connectivity index (χ2v) is 5.67. The van der Waals surface area contributed by atoms with Crippen molar-refractivity contribution in [2.75, 3.05) is 37.7 Å². The Hall–Kier alpha value is -1.06. The molecule has 0 aliphatic carbocycles. The van der Waals surface area contributed by atoms with E-state index in [1.54, 1.807) is 0 Å². The first-order valence-electron chi connectivity index (χ1n) is 6.93. The van der Waals surface area contributed by atoms with Gasteiger partial charge in [-0.3, -0.25) is 0 Å². The van der Waals surface area contributed by atoms with Crippen LogP contribution in [0.15, 0.2) is 24.3 Å². The third-order valence-electron chi connectivity index (χ3n) is 4.34. The highest BCUT2D eigenvalue weighted by Gasteiger charge is 2.43. The first kappa shape index (κ1) is 12.0. The van der Waals surface area contributed by atoms with Gasteiger partial charge in [0.25, 0.3) is 0 Å². The molecule has 2 aliphatic rings. The fourth-order valence-corrected chi connectivity index (χ4v) is 3.11. The minimum absolute atomic E-state index is 0.550. The molecule has 0 unspecified atom stereocenters. The number of nitrogens with two attached hydrogens (primary N) is 1. The summed E-state index contributed by atoms with van der Waals surface area (Å²) in [4.78, 5) is 2.48. The third-order valence-corrected chi connectivity index (χ3v) is 4.34. The Morgan fingerprint density at radius 2 is 1.78 bits per heavy atom. The summed E-state index contributed by atoms with van der Waals surface area (Å²) in [7, 11) is 0. The first-order chi connectivity index (χ1) is 8.81. The van der Waals surface area contributed by atoms with Gasteiger partial charge in [0.05, 0.1) is 0 Å². The molecule has 3 rings (SSSR count). The number of nitrogens with zero attached hydrogens (tertiary/aromatic N) is 1. The number of hydrogen-bond donors (Lipinski definition) is 1. The molecule has 3 heteroatoms. The van der Waals surface area contributed by atoms with Crippen LogP contribution in [0.3, 0.4) is 0 Å². The fourth-order valence-electron chi connectivity index (χ4n) is 3.11. The van der Waals surface area contributed by atoms with Crippen LogP contribution < -0.4 is 10.6 Å². The molecular weight excluding hydrogens is 224 g/mol. The van der Waals surface area contributed by atoms with Gasteiger partial charge in [0.2, 0.25) is 0 Å². The lowest BCUT2D eigenvalue weighted by Crippen LogP contribution is -2.58. The zero-order chi connectivity index (χ0) is 12.4. The lowest BCUT2D eigenvalue weighted by molar-refractivity contribution is -0.000190. The summed E-state index contributed by atoms with van der Waals surface area (Å²) in [5.74, 6) is 0. The van der Waals surface area contributed by atoms with Gasteiger partial charge in [-0.15, -0.1) is 0 Å². The summed E-state index contributed by atoms with van der Waals surface area (Å²) >= 11 is 0. The van der Waals surface area contributed by atoms with E-state index in [1.807, 2.05) is 0 Å². The topological polar surface area (TPSA) is 38.5 Å². The third kappa shape index (κ3) is 2.25. The van der Waals surface area contributed by atoms with Gasteiger partial charge < -0.3 is 15.4 Å². The highest BCUT2D eigenvalue weighted by atomic mass is 16.5. The van der Waals surface area contributed by atoms with Crippen LogP contribution in [-0.2, 0) is 11.2 Å². The Morgan fingerprint density at radius 1 is 1.11 bits per heavy atom. The van der Waals surface area contributed by atoms with Crippen molar-refractivity contribution < 1.29 is 4.74 Å². The zero-order valence-electron chi connectivity index (χ0n) is 10.9. The predicted molar refractivity (Wildman–Crippen MR) is 73.9 cm³/mol. The van der Waals surface area contributed by atoms with Gasteiger partial charge in [-0.1, -0.05) is 12.1 Å². The molecule has 2 heterocycles. The summed E-state index contributed by atoms with van der Waals surface area (Å²) in [5, 5.41) is 0. The van der Waals surface area contributed by atoms with Crippen molar-refractivity contribution in [2.45, 2.75) is 19.3 Å². The van der Waals surface area contributed by atoms with Crippen molar-refractivity contribution in [3.63, 3.8) is 0 Å². The molecule has 0 bridgehead atoms. The second kappa shape index (κ2) is 4.90. The van der Waals surface area contributed by atoms with Crippen LogP contribution in [0.4, 0.5) is 5.69 Å². The van der Waals surface area contributed by atoms with Crippen LogP contribution in [-0.4, -0.2) is 32.8 Å². The monoisotopic (exact) mass is 246 g/mol. The van der Waals surface area contributed by atoms with E-state index in [9.17, 15) is 0 Å². The number of rotatable bonds is 3. The zero-order valence-corrected chi connectivity index (χ0v) is 10.9. The molecule has 2 N–H and O–H groups in total. The number of hydrogen-bond acceptors (Lipinski definition) is 3. The summed E-state index contributed by atoms with van der Waals surface area (Å²) in [6.45, 7) is 5.03. The van der Waals surface area contributed by atoms with E-state index in [-0.39, 0.29) is 0 Å². The van der Waals surface area contributed by atoms with Crippen LogP contribution in [0.1, 0.15) is 18.4 Å². The Kier molecular flexibility index (Phi) is 3.27. The van der Waals surface area contributed by atoms with E-state index >= 15 is 0 Å². The second-order valence-electron chi connectivity index (χ2n) is 5.67. The maximum Gasteiger partial charge on any atom is 0.0472 e. The van der Waals surface area contributed by atoms with Gasteiger partial charge in [-0.2, -0.15) is 0 Å². The van der Waals surface area contributed by atoms with E-state index in [0.29, 0.717) is 5.41 Å². The van der Waals surface area contributed by atoms with E-state index in [0.717, 1.165) is 26.2 Å². The normalized spacial score (nSPS) is 21.9. The first-order valence-corrected chi connectivity index (χ1v) is 6.93. The van der Waals surface area contributed by atoms with E-state index in [1.165, 1.54) is 37.2 Å². The molecule has 2 fully saturated rings. The van der Waals surface area contributed by atoms with Crippen LogP contribution in [0.5, 0.6) is 0 Å². The highest BCUT2D eigenvalue weighted by molar-refractivity contribution is 5.51. The fraction of sp³-hybridized carbons (Fsp3) is 0.600. The van der Waals surface area contributed by atoms with Crippen LogP contribution in [0.25, 0.3) is 0 Å². The van der Waals surface area contributed by atoms with Crippen LogP contribution in [0.2, 0.25) is 0 Å². The summed E-state index contributed by atoms with van der Waals surface area (Å²) in [6.07, 6.45) is 3.44. The molecule has 0 atom stereocenters. The SMILES string of the molecule is NCCc1ccc(N2CC3(CCOCC3)C2)cc1. The molecule has 0 saturated carbocycles. The minimum atomic E-state index is 0.550. The average Bonchev–Trinajstić information content (AvgIpc) is 2.38. The molecule has 0 amide bonds. The van der Waals surface area contributed by atoms with Gasteiger partial charge in [0, 0.05) is 37.4 Å². The van der Waals surface area contributed by atoms with Gasteiger partial charge in [0.1, 0.15) is 0 Å². The standard InChI is InChI=1S/C15H22N2O/c16-8-5-13-1-3-14(4-2-13)17-11-15(12-17)6-9-18-10-7-15/h1-4H,5-12,16H2. The lowest BCUT2D eigenvalue weighted by atomic mass is 9.73. The molecule has 0 aromatic heterocycles. The maximum absolute atomic E-state index is 5.57. The van der Waals surface area contributed by atoms with E-state index in [2.05, 4.69) is 29.2 Å². The molecule has 3 nitrogen and oxygen atoms in total. The summed E-state index contributed by atoms with van der Waals surface area (Å²) < 4.78 is 5.45. The molecule has 2 aliphatic heterocycles. The van der Waals surface area contributed by atoms with Gasteiger partial charge in [-0.25, -0.2) is 0 Å². The molecule has 0 radical (unpaired) electrons. The van der Waals surface area contributed by atoms with Crippen molar-refractivity contribution in [3.8, 4) is 0 Å². The predicted octanol–water partition coefficient (Wildman–Crippen LogP) is 1.80. The van der Waals surface area contributed by atoms with Crippen molar-refractivity contribution in [1.82, 2.24) is 0 Å². The molecular formula is C15H22N2O. The molecule has 1 aromatic carbocycles. The van der Waals surface area contributed by atoms with Crippen LogP contribution in [0, 0.1) is 5.41 Å². The highest BCUT2D eigenvalue weighted by Crippen LogP contribution is 2.41. The Labute approximate surface area is 109 Å². The average molecular weight is 246 g/mol. The van der Waals surface area contributed by atoms with Gasteiger partial charge in [0.15, 0.2) is 0 Å². The van der Waals surface area contributed by atoms with Crippen LogP contribution >= 0.6 is 0 Å².